The Morgan fingerprint density at radius 2 is 2.06 bits per heavy atom. The Kier molecular flexibility index (Phi) is 5.44. The zero-order chi connectivity index (χ0) is 22.2. The molecule has 4 rings (SSSR count). The van der Waals surface area contributed by atoms with Crippen LogP contribution >= 0.6 is 11.3 Å². The second kappa shape index (κ2) is 8.06. The molecule has 162 valence electrons. The van der Waals surface area contributed by atoms with Gasteiger partial charge in [0.05, 0.1) is 12.0 Å². The Morgan fingerprint density at radius 1 is 1.32 bits per heavy atom. The quantitative estimate of drug-likeness (QED) is 0.538. The summed E-state index contributed by atoms with van der Waals surface area (Å²) >= 11 is 0.957. The third-order valence-corrected chi connectivity index (χ3v) is 6.36. The molecule has 0 radical (unpaired) electrons. The van der Waals surface area contributed by atoms with Crippen molar-refractivity contribution in [2.75, 3.05) is 19.0 Å². The standard InChI is InChI=1S/C20H19FN4O5S/c1-30-16(27)14-15(11-5-4-6-12(21)9-11)31-18(23-14)22-13(26)10-25-17(28)20(24-19(25)29)7-2-3-8-20/h4-6,9H,2-3,7-8,10H2,1H3,(H,24,29)(H,22,23,26). The van der Waals surface area contributed by atoms with E-state index in [1.807, 2.05) is 0 Å². The van der Waals surface area contributed by atoms with Gasteiger partial charge in [-0.1, -0.05) is 36.3 Å². The van der Waals surface area contributed by atoms with Crippen LogP contribution < -0.4 is 10.6 Å². The zero-order valence-corrected chi connectivity index (χ0v) is 17.4. The van der Waals surface area contributed by atoms with Crippen molar-refractivity contribution in [1.29, 1.82) is 0 Å². The largest absolute Gasteiger partial charge is 0.464 e. The van der Waals surface area contributed by atoms with Crippen molar-refractivity contribution in [1.82, 2.24) is 15.2 Å². The summed E-state index contributed by atoms with van der Waals surface area (Å²) in [7, 11) is 1.19. The number of carbonyl (C=O) groups is 4. The molecule has 1 aliphatic heterocycles. The molecule has 1 saturated carbocycles. The normalized spacial score (nSPS) is 17.2. The molecule has 2 heterocycles. The van der Waals surface area contributed by atoms with E-state index in [9.17, 15) is 23.6 Å². The van der Waals surface area contributed by atoms with E-state index in [-0.39, 0.29) is 10.8 Å². The second-order valence-electron chi connectivity index (χ2n) is 7.36. The molecule has 4 amide bonds. The fourth-order valence-electron chi connectivity index (χ4n) is 3.87. The van der Waals surface area contributed by atoms with E-state index in [0.29, 0.717) is 23.3 Å². The van der Waals surface area contributed by atoms with Gasteiger partial charge in [-0.15, -0.1) is 0 Å². The summed E-state index contributed by atoms with van der Waals surface area (Å²) < 4.78 is 18.4. The molecule has 1 aliphatic carbocycles. The third-order valence-electron chi connectivity index (χ3n) is 5.34. The van der Waals surface area contributed by atoms with Crippen LogP contribution in [0.3, 0.4) is 0 Å². The first kappa shape index (κ1) is 20.9. The van der Waals surface area contributed by atoms with Crippen LogP contribution in [0, 0.1) is 5.82 Å². The van der Waals surface area contributed by atoms with E-state index in [1.165, 1.54) is 25.3 Å². The van der Waals surface area contributed by atoms with E-state index in [4.69, 9.17) is 4.74 Å². The summed E-state index contributed by atoms with van der Waals surface area (Å²) in [5.74, 6) is -2.28. The van der Waals surface area contributed by atoms with Gasteiger partial charge in [-0.25, -0.2) is 19.0 Å². The first-order valence-electron chi connectivity index (χ1n) is 9.62. The van der Waals surface area contributed by atoms with Gasteiger partial charge in [-0.05, 0) is 30.5 Å². The summed E-state index contributed by atoms with van der Waals surface area (Å²) in [5.41, 5.74) is -0.579. The number of nitrogens with one attached hydrogen (secondary N) is 2. The minimum atomic E-state index is -0.902. The number of methoxy groups -OCH3 is 1. The highest BCUT2D eigenvalue weighted by Crippen LogP contribution is 2.36. The van der Waals surface area contributed by atoms with Crippen LogP contribution in [0.2, 0.25) is 0 Å². The van der Waals surface area contributed by atoms with Gasteiger partial charge in [0.2, 0.25) is 5.91 Å². The number of esters is 1. The number of urea groups is 1. The van der Waals surface area contributed by atoms with Crippen LogP contribution in [-0.2, 0) is 14.3 Å². The number of hydrogen-bond donors (Lipinski definition) is 2. The van der Waals surface area contributed by atoms with Crippen molar-refractivity contribution in [2.24, 2.45) is 0 Å². The van der Waals surface area contributed by atoms with Gasteiger partial charge in [0, 0.05) is 0 Å². The number of hydrogen-bond acceptors (Lipinski definition) is 7. The average Bonchev–Trinajstić information content (AvgIpc) is 3.43. The maximum Gasteiger partial charge on any atom is 0.358 e. The molecule has 1 aromatic heterocycles. The van der Waals surface area contributed by atoms with E-state index in [0.717, 1.165) is 29.1 Å². The Balaban J connectivity index is 1.53. The molecule has 2 aromatic rings. The van der Waals surface area contributed by atoms with Gasteiger partial charge in [0.25, 0.3) is 5.91 Å². The molecular weight excluding hydrogens is 427 g/mol. The monoisotopic (exact) mass is 446 g/mol. The summed E-state index contributed by atoms with van der Waals surface area (Å²) in [5, 5.41) is 5.28. The lowest BCUT2D eigenvalue weighted by atomic mass is 9.98. The maximum absolute atomic E-state index is 13.6. The van der Waals surface area contributed by atoms with Crippen molar-refractivity contribution in [3.63, 3.8) is 0 Å². The van der Waals surface area contributed by atoms with Gasteiger partial charge in [-0.2, -0.15) is 0 Å². The predicted octanol–water partition coefficient (Wildman–Crippen LogP) is 2.54. The Morgan fingerprint density at radius 3 is 2.74 bits per heavy atom. The van der Waals surface area contributed by atoms with Gasteiger partial charge in [0.1, 0.15) is 17.9 Å². The van der Waals surface area contributed by atoms with Crippen molar-refractivity contribution in [2.45, 2.75) is 31.2 Å². The molecule has 1 saturated heterocycles. The van der Waals surface area contributed by atoms with Gasteiger partial charge in [0.15, 0.2) is 10.8 Å². The SMILES string of the molecule is COC(=O)c1nc(NC(=O)CN2C(=O)NC3(CCCC3)C2=O)sc1-c1cccc(F)c1. The number of aromatic nitrogens is 1. The Hall–Kier alpha value is -3.34. The number of thiazole rings is 1. The Labute approximate surface area is 180 Å². The minimum absolute atomic E-state index is 0.0623. The van der Waals surface area contributed by atoms with E-state index in [2.05, 4.69) is 15.6 Å². The summed E-state index contributed by atoms with van der Waals surface area (Å²) in [6.07, 6.45) is 2.79. The number of amides is 4. The number of rotatable bonds is 5. The summed E-state index contributed by atoms with van der Waals surface area (Å²) in [6.45, 7) is -0.477. The number of halogens is 1. The predicted molar refractivity (Wildman–Crippen MR) is 109 cm³/mol. The highest BCUT2D eigenvalue weighted by atomic mass is 32.1. The van der Waals surface area contributed by atoms with Crippen molar-refractivity contribution in [3.05, 3.63) is 35.8 Å². The van der Waals surface area contributed by atoms with Gasteiger partial charge in [-0.3, -0.25) is 14.5 Å². The van der Waals surface area contributed by atoms with Crippen LogP contribution in [0.25, 0.3) is 10.4 Å². The highest BCUT2D eigenvalue weighted by Gasteiger charge is 2.52. The third kappa shape index (κ3) is 3.88. The lowest BCUT2D eigenvalue weighted by Gasteiger charge is -2.19. The summed E-state index contributed by atoms with van der Waals surface area (Å²) in [4.78, 5) is 54.9. The first-order valence-corrected chi connectivity index (χ1v) is 10.4. The fraction of sp³-hybridized carbons (Fsp3) is 0.350. The molecule has 1 spiro atoms. The number of benzene rings is 1. The molecule has 2 N–H and O–H groups in total. The van der Waals surface area contributed by atoms with Crippen molar-refractivity contribution in [3.8, 4) is 10.4 Å². The maximum atomic E-state index is 13.6. The van der Waals surface area contributed by atoms with Crippen LogP contribution in [0.4, 0.5) is 14.3 Å². The topological polar surface area (TPSA) is 118 Å². The molecule has 9 nitrogen and oxygen atoms in total. The molecule has 2 aliphatic rings. The van der Waals surface area contributed by atoms with Crippen LogP contribution in [0.1, 0.15) is 36.2 Å². The molecule has 1 aromatic carbocycles. The van der Waals surface area contributed by atoms with E-state index >= 15 is 0 Å². The molecule has 0 bridgehead atoms. The molecule has 0 unspecified atom stereocenters. The smallest absolute Gasteiger partial charge is 0.358 e. The molecular formula is C20H19FN4O5S. The molecule has 31 heavy (non-hydrogen) atoms. The van der Waals surface area contributed by atoms with Crippen molar-refractivity contribution >= 4 is 40.3 Å². The zero-order valence-electron chi connectivity index (χ0n) is 16.6. The number of carbonyl (C=O) groups excluding carboxylic acids is 4. The number of anilines is 1. The van der Waals surface area contributed by atoms with Gasteiger partial charge >= 0.3 is 12.0 Å². The average molecular weight is 446 g/mol. The van der Waals surface area contributed by atoms with Crippen LogP contribution in [0.5, 0.6) is 0 Å². The Bertz CT molecular complexity index is 1080. The molecule has 0 atom stereocenters. The lowest BCUT2D eigenvalue weighted by Crippen LogP contribution is -2.44. The first-order chi connectivity index (χ1) is 14.8. The molecule has 11 heteroatoms. The van der Waals surface area contributed by atoms with E-state index in [1.54, 1.807) is 6.07 Å². The van der Waals surface area contributed by atoms with E-state index < -0.39 is 41.7 Å². The minimum Gasteiger partial charge on any atom is -0.464 e. The van der Waals surface area contributed by atoms with Crippen molar-refractivity contribution < 1.29 is 28.3 Å². The number of imide groups is 1. The highest BCUT2D eigenvalue weighted by molar-refractivity contribution is 7.19. The van der Waals surface area contributed by atoms with Gasteiger partial charge < -0.3 is 15.4 Å². The summed E-state index contributed by atoms with van der Waals surface area (Å²) in [6, 6.07) is 4.99. The van der Waals surface area contributed by atoms with Crippen LogP contribution in [-0.4, -0.2) is 52.9 Å². The lowest BCUT2D eigenvalue weighted by molar-refractivity contribution is -0.133. The number of nitrogens with zero attached hydrogens (tertiary/aromatic N) is 2. The van der Waals surface area contributed by atoms with Crippen LogP contribution in [0.15, 0.2) is 24.3 Å². The fourth-order valence-corrected chi connectivity index (χ4v) is 4.84. The second-order valence-corrected chi connectivity index (χ2v) is 8.36. The number of ether oxygens (including phenoxy) is 1. The molecule has 2 fully saturated rings.